The van der Waals surface area contributed by atoms with Gasteiger partial charge in [-0.3, -0.25) is 10.2 Å². The summed E-state index contributed by atoms with van der Waals surface area (Å²) < 4.78 is 10.7. The van der Waals surface area contributed by atoms with Crippen LogP contribution in [-0.4, -0.2) is 59.7 Å². The quantitative estimate of drug-likeness (QED) is 0.704. The van der Waals surface area contributed by atoms with E-state index >= 15 is 0 Å². The third-order valence-corrected chi connectivity index (χ3v) is 7.00. The Kier molecular flexibility index (Phi) is 5.74. The Morgan fingerprint density at radius 2 is 1.79 bits per heavy atom. The molecule has 3 aliphatic rings. The molecule has 1 aliphatic carbocycles. The molecule has 8 nitrogen and oxygen atoms in total. The highest BCUT2D eigenvalue weighted by molar-refractivity contribution is 6.02. The first-order valence-corrected chi connectivity index (χ1v) is 11.5. The van der Waals surface area contributed by atoms with E-state index in [1.807, 2.05) is 23.1 Å². The summed E-state index contributed by atoms with van der Waals surface area (Å²) in [6, 6.07) is 13.9. The Morgan fingerprint density at radius 1 is 1.09 bits per heavy atom. The lowest BCUT2D eigenvalue weighted by atomic mass is 9.80. The Bertz CT molecular complexity index is 1030. The van der Waals surface area contributed by atoms with Crippen molar-refractivity contribution in [1.82, 2.24) is 15.2 Å². The van der Waals surface area contributed by atoms with E-state index in [1.165, 1.54) is 19.8 Å². The molecule has 33 heavy (non-hydrogen) atoms. The molecule has 0 spiro atoms. The van der Waals surface area contributed by atoms with Gasteiger partial charge in [-0.15, -0.1) is 0 Å². The lowest BCUT2D eigenvalue weighted by Gasteiger charge is -2.50. The van der Waals surface area contributed by atoms with E-state index in [9.17, 15) is 9.90 Å². The van der Waals surface area contributed by atoms with Crippen LogP contribution in [0.15, 0.2) is 47.6 Å². The van der Waals surface area contributed by atoms with E-state index < -0.39 is 0 Å². The molecule has 2 aromatic carbocycles. The summed E-state index contributed by atoms with van der Waals surface area (Å²) in [4.78, 5) is 17.7. The summed E-state index contributed by atoms with van der Waals surface area (Å²) in [6.07, 6.45) is 4.46. The zero-order valence-electron chi connectivity index (χ0n) is 19.0. The SMILES string of the molecule is COc1cc(C2=NNC3N(CCc4ccccc4)C(=O)C4CCCCC4N23)cc(OC)c1O. The van der Waals surface area contributed by atoms with Crippen LogP contribution >= 0.6 is 0 Å². The smallest absolute Gasteiger partial charge is 0.230 e. The van der Waals surface area contributed by atoms with Crippen LogP contribution in [0.25, 0.3) is 0 Å². The molecule has 1 saturated heterocycles. The summed E-state index contributed by atoms with van der Waals surface area (Å²) >= 11 is 0. The summed E-state index contributed by atoms with van der Waals surface area (Å²) in [7, 11) is 3.02. The van der Waals surface area contributed by atoms with Crippen LogP contribution in [0.5, 0.6) is 17.2 Å². The predicted molar refractivity (Wildman–Crippen MR) is 124 cm³/mol. The van der Waals surface area contributed by atoms with E-state index in [1.54, 1.807) is 12.1 Å². The number of aromatic hydroxyl groups is 1. The Labute approximate surface area is 193 Å². The van der Waals surface area contributed by atoms with Gasteiger partial charge in [0.05, 0.1) is 20.1 Å². The van der Waals surface area contributed by atoms with Crippen molar-refractivity contribution < 1.29 is 19.4 Å². The van der Waals surface area contributed by atoms with Crippen molar-refractivity contribution in [1.29, 1.82) is 0 Å². The Morgan fingerprint density at radius 3 is 2.48 bits per heavy atom. The standard InChI is InChI=1S/C25H30N4O4/c1-32-20-14-17(15-21(33-2)22(20)30)23-26-27-25-28(13-12-16-8-4-3-5-9-16)24(31)18-10-6-7-11-19(18)29(23)25/h3-5,8-9,14-15,18-19,25,27,30H,6-7,10-13H2,1-2H3. The van der Waals surface area contributed by atoms with Gasteiger partial charge in [-0.1, -0.05) is 43.2 Å². The number of carbonyl (C=O) groups excluding carboxylic acids is 1. The number of phenols is 1. The van der Waals surface area contributed by atoms with Gasteiger partial charge in [-0.25, -0.2) is 0 Å². The predicted octanol–water partition coefficient (Wildman–Crippen LogP) is 2.90. The summed E-state index contributed by atoms with van der Waals surface area (Å²) in [5.74, 6) is 1.51. The summed E-state index contributed by atoms with van der Waals surface area (Å²) in [5, 5.41) is 15.0. The lowest BCUT2D eigenvalue weighted by Crippen LogP contribution is -2.67. The minimum Gasteiger partial charge on any atom is -0.502 e. The molecule has 2 aliphatic heterocycles. The Hall–Kier alpha value is -3.42. The third-order valence-electron chi connectivity index (χ3n) is 7.00. The number of phenolic OH excluding ortho intramolecular Hbond substituents is 1. The number of benzene rings is 2. The molecule has 0 aromatic heterocycles. The number of carbonyl (C=O) groups is 1. The average Bonchev–Trinajstić information content (AvgIpc) is 3.30. The van der Waals surface area contributed by atoms with Crippen molar-refractivity contribution >= 4 is 11.7 Å². The van der Waals surface area contributed by atoms with Crippen molar-refractivity contribution in [2.45, 2.75) is 44.4 Å². The molecule has 2 heterocycles. The van der Waals surface area contributed by atoms with Gasteiger partial charge in [0.2, 0.25) is 11.7 Å². The number of hydrogen-bond donors (Lipinski definition) is 2. The van der Waals surface area contributed by atoms with E-state index in [4.69, 9.17) is 9.47 Å². The molecule has 2 N–H and O–H groups in total. The van der Waals surface area contributed by atoms with Crippen LogP contribution in [0.4, 0.5) is 0 Å². The first-order valence-electron chi connectivity index (χ1n) is 11.5. The minimum atomic E-state index is -0.332. The highest BCUT2D eigenvalue weighted by Crippen LogP contribution is 2.41. The third kappa shape index (κ3) is 3.73. The van der Waals surface area contributed by atoms with E-state index in [0.29, 0.717) is 18.0 Å². The fraction of sp³-hybridized carbons (Fsp3) is 0.440. The lowest BCUT2D eigenvalue weighted by molar-refractivity contribution is -0.155. The molecule has 8 heteroatoms. The number of hydrogen-bond acceptors (Lipinski definition) is 7. The summed E-state index contributed by atoms with van der Waals surface area (Å²) in [5.41, 5.74) is 5.20. The minimum absolute atomic E-state index is 0.0410. The van der Waals surface area contributed by atoms with Crippen LogP contribution in [0, 0.1) is 5.92 Å². The molecule has 0 bridgehead atoms. The van der Waals surface area contributed by atoms with Crippen molar-refractivity contribution in [2.75, 3.05) is 20.8 Å². The monoisotopic (exact) mass is 450 g/mol. The average molecular weight is 451 g/mol. The number of nitrogens with zero attached hydrogens (tertiary/aromatic N) is 3. The van der Waals surface area contributed by atoms with Gasteiger partial charge >= 0.3 is 0 Å². The number of ether oxygens (including phenoxy) is 2. The second-order valence-electron chi connectivity index (χ2n) is 8.80. The molecule has 2 fully saturated rings. The zero-order valence-corrected chi connectivity index (χ0v) is 19.0. The molecule has 5 rings (SSSR count). The number of nitrogens with one attached hydrogen (secondary N) is 1. The zero-order chi connectivity index (χ0) is 22.9. The van der Waals surface area contributed by atoms with Gasteiger partial charge in [0.25, 0.3) is 0 Å². The molecule has 1 saturated carbocycles. The maximum atomic E-state index is 13.5. The van der Waals surface area contributed by atoms with Crippen molar-refractivity contribution in [2.24, 2.45) is 11.0 Å². The van der Waals surface area contributed by atoms with Crippen LogP contribution in [-0.2, 0) is 11.2 Å². The van der Waals surface area contributed by atoms with Crippen LogP contribution in [0.3, 0.4) is 0 Å². The number of rotatable bonds is 6. The number of amides is 1. The van der Waals surface area contributed by atoms with Crippen molar-refractivity contribution in [3.8, 4) is 17.2 Å². The van der Waals surface area contributed by atoms with Crippen LogP contribution < -0.4 is 14.9 Å². The number of fused-ring (bicyclic) bond motifs is 3. The largest absolute Gasteiger partial charge is 0.502 e. The fourth-order valence-corrected chi connectivity index (χ4v) is 5.34. The van der Waals surface area contributed by atoms with Gasteiger partial charge in [0, 0.05) is 18.2 Å². The van der Waals surface area contributed by atoms with Gasteiger partial charge in [-0.05, 0) is 37.0 Å². The first-order chi connectivity index (χ1) is 16.1. The van der Waals surface area contributed by atoms with Gasteiger partial charge in [-0.2, -0.15) is 5.10 Å². The van der Waals surface area contributed by atoms with Gasteiger partial charge in [0.15, 0.2) is 23.6 Å². The molecule has 0 radical (unpaired) electrons. The topological polar surface area (TPSA) is 86.6 Å². The number of amidine groups is 1. The van der Waals surface area contributed by atoms with E-state index in [0.717, 1.165) is 43.5 Å². The van der Waals surface area contributed by atoms with Gasteiger partial charge < -0.3 is 24.4 Å². The van der Waals surface area contributed by atoms with E-state index in [2.05, 4.69) is 27.6 Å². The molecular weight excluding hydrogens is 420 g/mol. The van der Waals surface area contributed by atoms with E-state index in [-0.39, 0.29) is 29.9 Å². The molecule has 1 amide bonds. The second-order valence-corrected chi connectivity index (χ2v) is 8.80. The maximum Gasteiger partial charge on any atom is 0.230 e. The molecular formula is C25H30N4O4. The molecule has 174 valence electrons. The highest BCUT2D eigenvalue weighted by atomic mass is 16.5. The van der Waals surface area contributed by atoms with Gasteiger partial charge in [0.1, 0.15) is 0 Å². The Balaban J connectivity index is 1.48. The van der Waals surface area contributed by atoms with Crippen LogP contribution in [0.1, 0.15) is 36.8 Å². The number of hydrazone groups is 1. The maximum absolute atomic E-state index is 13.5. The normalized spacial score (nSPS) is 24.0. The summed E-state index contributed by atoms with van der Waals surface area (Å²) in [6.45, 7) is 0.616. The number of methoxy groups -OCH3 is 2. The van der Waals surface area contributed by atoms with Crippen molar-refractivity contribution in [3.05, 3.63) is 53.6 Å². The second kappa shape index (κ2) is 8.84. The fourth-order valence-electron chi connectivity index (χ4n) is 5.34. The van der Waals surface area contributed by atoms with Crippen molar-refractivity contribution in [3.63, 3.8) is 0 Å². The molecule has 3 atom stereocenters. The highest BCUT2D eigenvalue weighted by Gasteiger charge is 2.51. The molecule has 3 unspecified atom stereocenters. The molecule has 2 aromatic rings. The first kappa shape index (κ1) is 21.4. The van der Waals surface area contributed by atoms with Crippen LogP contribution in [0.2, 0.25) is 0 Å².